The topological polar surface area (TPSA) is 27.7 Å². The van der Waals surface area contributed by atoms with Crippen molar-refractivity contribution in [2.45, 2.75) is 58.8 Å². The molecule has 0 aromatic heterocycles. The average Bonchev–Trinajstić information content (AvgIpc) is 2.45. The van der Waals surface area contributed by atoms with Gasteiger partial charge in [-0.2, -0.15) is 0 Å². The molecule has 1 aliphatic rings. The number of benzene rings is 1. The van der Waals surface area contributed by atoms with Crippen LogP contribution in [0.2, 0.25) is 0 Å². The number of hydrogen-bond donors (Lipinski definition) is 0. The Morgan fingerprint density at radius 1 is 0.947 bits per heavy atom. The van der Waals surface area contributed by atoms with Gasteiger partial charge in [0.25, 0.3) is 0 Å². The highest BCUT2D eigenvalue weighted by Crippen LogP contribution is 2.42. The molecule has 0 spiro atoms. The van der Waals surface area contributed by atoms with Crippen molar-refractivity contribution in [1.82, 2.24) is 0 Å². The van der Waals surface area contributed by atoms with E-state index in [1.54, 1.807) is 0 Å². The Morgan fingerprint density at radius 2 is 1.42 bits per heavy atom. The van der Waals surface area contributed by atoms with Crippen molar-refractivity contribution in [1.29, 1.82) is 0 Å². The molecule has 0 N–H and O–H groups in total. The zero-order chi connectivity index (χ0) is 14.3. The fourth-order valence-corrected chi connectivity index (χ4v) is 2.40. The lowest BCUT2D eigenvalue weighted by Gasteiger charge is -2.40. The fourth-order valence-electron chi connectivity index (χ4n) is 2.40. The van der Waals surface area contributed by atoms with E-state index in [9.17, 15) is 0 Å². The van der Waals surface area contributed by atoms with Gasteiger partial charge in [-0.15, -0.1) is 5.46 Å². The first-order valence-electron chi connectivity index (χ1n) is 6.96. The molecule has 2 rings (SSSR count). The minimum atomic E-state index is -1.90. The fraction of sp³-hybridized carbons (Fsp3) is 0.600. The van der Waals surface area contributed by atoms with Crippen molar-refractivity contribution >= 4 is 12.2 Å². The Hall–Kier alpha value is -0.835. The van der Waals surface area contributed by atoms with Gasteiger partial charge in [-0.1, -0.05) is 30.3 Å². The summed E-state index contributed by atoms with van der Waals surface area (Å²) in [5, 5.41) is 0. The molecule has 3 nitrogen and oxygen atoms in total. The van der Waals surface area contributed by atoms with E-state index in [4.69, 9.17) is 14.0 Å². The van der Waals surface area contributed by atoms with Gasteiger partial charge in [0, 0.05) is 17.3 Å². The Kier molecular flexibility index (Phi) is 3.54. The van der Waals surface area contributed by atoms with Crippen LogP contribution >= 0.6 is 0 Å². The predicted octanol–water partition coefficient (Wildman–Crippen LogP) is 2.86. The Labute approximate surface area is 116 Å². The zero-order valence-corrected chi connectivity index (χ0v) is 12.8. The summed E-state index contributed by atoms with van der Waals surface area (Å²) in [6.07, 6.45) is 0.0323. The highest BCUT2D eigenvalue weighted by atomic mass is 16.8. The quantitative estimate of drug-likeness (QED) is 0.785. The van der Waals surface area contributed by atoms with Crippen LogP contribution in [0.1, 0.15) is 41.5 Å². The van der Waals surface area contributed by atoms with Crippen molar-refractivity contribution in [3.63, 3.8) is 0 Å². The molecule has 0 radical (unpaired) electrons. The molecule has 106 valence electrons. The second-order valence-electron chi connectivity index (χ2n) is 6.49. The average molecular weight is 263 g/mol. The smallest absolute Gasteiger partial charge is 0.410 e. The summed E-state index contributed by atoms with van der Waals surface area (Å²) in [5.74, 6) is 0. The van der Waals surface area contributed by atoms with Gasteiger partial charge in [0.15, 0.2) is 0 Å². The van der Waals surface area contributed by atoms with Crippen molar-refractivity contribution < 1.29 is 14.0 Å². The summed E-state index contributed by atoms with van der Waals surface area (Å²) in [6.45, 7) is 10.3. The lowest BCUT2D eigenvalue weighted by atomic mass is 9.69. The standard InChI is InChI=1S/C15H24BO3/c1-12(2)17-16(13-10-8-7-9-11-13)18-14(3,4)15(5,6)19-16/h7-12H,1-6H3/q-1. The van der Waals surface area contributed by atoms with E-state index in [0.717, 1.165) is 5.46 Å². The van der Waals surface area contributed by atoms with E-state index in [1.807, 2.05) is 71.9 Å². The van der Waals surface area contributed by atoms with E-state index in [2.05, 4.69) is 0 Å². The van der Waals surface area contributed by atoms with E-state index in [1.165, 1.54) is 0 Å². The molecule has 19 heavy (non-hydrogen) atoms. The summed E-state index contributed by atoms with van der Waals surface area (Å²) in [5.41, 5.74) is 0.144. The van der Waals surface area contributed by atoms with Crippen molar-refractivity contribution in [2.75, 3.05) is 0 Å². The highest BCUT2D eigenvalue weighted by molar-refractivity contribution is 6.76. The predicted molar refractivity (Wildman–Crippen MR) is 78.4 cm³/mol. The van der Waals surface area contributed by atoms with Crippen LogP contribution in [0.5, 0.6) is 0 Å². The molecule has 1 heterocycles. The van der Waals surface area contributed by atoms with Gasteiger partial charge in [0.05, 0.1) is 0 Å². The first-order valence-corrected chi connectivity index (χ1v) is 6.96. The molecule has 0 amide bonds. The third-order valence-electron chi connectivity index (χ3n) is 4.01. The van der Waals surface area contributed by atoms with Crippen LogP contribution in [0.25, 0.3) is 0 Å². The third kappa shape index (κ3) is 2.57. The van der Waals surface area contributed by atoms with Crippen LogP contribution < -0.4 is 5.46 Å². The van der Waals surface area contributed by atoms with Crippen LogP contribution in [-0.4, -0.2) is 24.1 Å². The van der Waals surface area contributed by atoms with Gasteiger partial charge in [-0.25, -0.2) is 0 Å². The second kappa shape index (κ2) is 4.62. The summed E-state index contributed by atoms with van der Waals surface area (Å²) in [7, 11) is 0. The minimum absolute atomic E-state index is 0.0323. The highest BCUT2D eigenvalue weighted by Gasteiger charge is 2.53. The first-order chi connectivity index (χ1) is 8.69. The van der Waals surface area contributed by atoms with E-state index < -0.39 is 18.0 Å². The summed E-state index contributed by atoms with van der Waals surface area (Å²) >= 11 is 0. The lowest BCUT2D eigenvalue weighted by molar-refractivity contribution is 0.00578. The zero-order valence-electron chi connectivity index (χ0n) is 12.8. The molecular weight excluding hydrogens is 239 g/mol. The maximum atomic E-state index is 6.27. The monoisotopic (exact) mass is 263 g/mol. The molecule has 1 fully saturated rings. The van der Waals surface area contributed by atoms with Gasteiger partial charge in [-0.3, -0.25) is 0 Å². The summed E-state index contributed by atoms with van der Waals surface area (Å²) in [4.78, 5) is 0. The van der Waals surface area contributed by atoms with E-state index >= 15 is 0 Å². The SMILES string of the molecule is CC(C)O[B-]1(c2ccccc2)OC(C)(C)C(C)(C)O1. The molecule has 1 aliphatic heterocycles. The molecular formula is C15H24BO3-. The van der Waals surface area contributed by atoms with Crippen molar-refractivity contribution in [3.8, 4) is 0 Å². The van der Waals surface area contributed by atoms with Crippen LogP contribution in [0.4, 0.5) is 0 Å². The molecule has 0 aliphatic carbocycles. The second-order valence-corrected chi connectivity index (χ2v) is 6.49. The van der Waals surface area contributed by atoms with Crippen LogP contribution in [-0.2, 0) is 14.0 Å². The Balaban J connectivity index is 2.45. The molecule has 1 aromatic rings. The van der Waals surface area contributed by atoms with Gasteiger partial charge in [0.1, 0.15) is 0 Å². The Morgan fingerprint density at radius 3 is 1.84 bits per heavy atom. The van der Waals surface area contributed by atoms with E-state index in [0.29, 0.717) is 0 Å². The van der Waals surface area contributed by atoms with Gasteiger partial charge in [0.2, 0.25) is 0 Å². The minimum Gasteiger partial charge on any atom is -0.539 e. The molecule has 0 unspecified atom stereocenters. The lowest BCUT2D eigenvalue weighted by Crippen LogP contribution is -2.55. The maximum Gasteiger partial charge on any atom is 0.410 e. The first kappa shape index (κ1) is 14.6. The van der Waals surface area contributed by atoms with Crippen molar-refractivity contribution in [3.05, 3.63) is 30.3 Å². The van der Waals surface area contributed by atoms with Gasteiger partial charge >= 0.3 is 6.75 Å². The third-order valence-corrected chi connectivity index (χ3v) is 4.01. The number of rotatable bonds is 3. The normalized spacial score (nSPS) is 23.7. The number of hydrogen-bond acceptors (Lipinski definition) is 3. The largest absolute Gasteiger partial charge is 0.539 e. The molecule has 0 saturated carbocycles. The van der Waals surface area contributed by atoms with Gasteiger partial charge < -0.3 is 14.0 Å². The van der Waals surface area contributed by atoms with Crippen molar-refractivity contribution in [2.24, 2.45) is 0 Å². The molecule has 1 saturated heterocycles. The summed E-state index contributed by atoms with van der Waals surface area (Å²) < 4.78 is 18.6. The maximum absolute atomic E-state index is 6.27. The van der Waals surface area contributed by atoms with Gasteiger partial charge in [-0.05, 0) is 41.5 Å². The van der Waals surface area contributed by atoms with Crippen LogP contribution in [0.3, 0.4) is 0 Å². The molecule has 0 atom stereocenters. The molecule has 1 aromatic carbocycles. The van der Waals surface area contributed by atoms with E-state index in [-0.39, 0.29) is 6.10 Å². The molecule has 0 bridgehead atoms. The van der Waals surface area contributed by atoms with Crippen LogP contribution in [0, 0.1) is 0 Å². The summed E-state index contributed by atoms with van der Waals surface area (Å²) in [6, 6.07) is 9.94. The van der Waals surface area contributed by atoms with Crippen LogP contribution in [0.15, 0.2) is 30.3 Å². The Bertz CT molecular complexity index is 424. The molecule has 4 heteroatoms.